The summed E-state index contributed by atoms with van der Waals surface area (Å²) in [6, 6.07) is 0. The smallest absolute Gasteiger partial charge is 0.383 e. The Morgan fingerprint density at radius 1 is 1.07 bits per heavy atom. The molecule has 10 heteroatoms. The third kappa shape index (κ3) is 32.2. The van der Waals surface area contributed by atoms with Crippen LogP contribution < -0.4 is 0 Å². The van der Waals surface area contributed by atoms with Gasteiger partial charge in [0, 0.05) is 0 Å². The molecule has 0 aliphatic heterocycles. The SMILES string of the molecule is CN(C)C.O=C=NS(=O)(=O)N=C=O.O[SiH3]. The zero-order valence-electron chi connectivity index (χ0n) is 8.83. The predicted octanol–water partition coefficient (Wildman–Crippen LogP) is -2.66. The lowest BCUT2D eigenvalue weighted by Gasteiger charge is -1.90. The Balaban J connectivity index is -0.000000202. The van der Waals surface area contributed by atoms with Gasteiger partial charge in [0.15, 0.2) is 0 Å². The standard InChI is InChI=1S/C3H9N.C2N2O4S.H4OSi/c1-4(2)3;5-1-3-9(7,8)4-2-6;1-2/h1-3H3;;1H,2H3. The molecule has 0 amide bonds. The van der Waals surface area contributed by atoms with Crippen LogP contribution in [0.2, 0.25) is 0 Å². The van der Waals surface area contributed by atoms with Gasteiger partial charge in [-0.05, 0) is 21.1 Å². The molecular formula is C5H13N3O5SSi. The molecule has 1 N–H and O–H groups in total. The topological polar surface area (TPSA) is 116 Å². The lowest BCUT2D eigenvalue weighted by molar-refractivity contribution is 0.505. The van der Waals surface area contributed by atoms with Crippen molar-refractivity contribution in [3.05, 3.63) is 0 Å². The van der Waals surface area contributed by atoms with E-state index in [4.69, 9.17) is 4.80 Å². The molecule has 15 heavy (non-hydrogen) atoms. The van der Waals surface area contributed by atoms with Crippen molar-refractivity contribution in [2.45, 2.75) is 0 Å². The van der Waals surface area contributed by atoms with Gasteiger partial charge in [-0.15, -0.1) is 0 Å². The van der Waals surface area contributed by atoms with Crippen LogP contribution in [0.1, 0.15) is 0 Å². The van der Waals surface area contributed by atoms with Crippen LogP contribution >= 0.6 is 0 Å². The molecule has 8 nitrogen and oxygen atoms in total. The van der Waals surface area contributed by atoms with Crippen LogP contribution in [0.15, 0.2) is 8.80 Å². The van der Waals surface area contributed by atoms with Gasteiger partial charge in [0.2, 0.25) is 0 Å². The highest BCUT2D eigenvalue weighted by Crippen LogP contribution is 1.87. The van der Waals surface area contributed by atoms with Gasteiger partial charge in [0.05, 0.1) is 0 Å². The lowest BCUT2D eigenvalue weighted by atomic mass is 11.0. The molecule has 88 valence electrons. The molecule has 0 aliphatic carbocycles. The summed E-state index contributed by atoms with van der Waals surface area (Å²) in [5.41, 5.74) is 0. The molecule has 0 heterocycles. The molecular weight excluding hydrogens is 242 g/mol. The normalized spacial score (nSPS) is 8.33. The fourth-order valence-corrected chi connectivity index (χ4v) is 0.344. The monoisotopic (exact) mass is 255 g/mol. The second kappa shape index (κ2) is 12.8. The summed E-state index contributed by atoms with van der Waals surface area (Å²) in [6.07, 6.45) is 1.41. The molecule has 0 fully saturated rings. The summed E-state index contributed by atoms with van der Waals surface area (Å²) in [7, 11) is 2.03. The first kappa shape index (κ1) is 19.4. The molecule has 0 atom stereocenters. The molecule has 0 aromatic heterocycles. The van der Waals surface area contributed by atoms with Crippen molar-refractivity contribution < 1.29 is 22.8 Å². The van der Waals surface area contributed by atoms with E-state index in [1.54, 1.807) is 0 Å². The van der Waals surface area contributed by atoms with E-state index in [2.05, 4.69) is 8.80 Å². The molecule has 0 aliphatic rings. The molecule has 0 saturated carbocycles. The molecule has 0 saturated heterocycles. The van der Waals surface area contributed by atoms with E-state index in [1.807, 2.05) is 26.0 Å². The van der Waals surface area contributed by atoms with E-state index in [-0.39, 0.29) is 0 Å². The van der Waals surface area contributed by atoms with E-state index in [1.165, 1.54) is 0 Å². The Morgan fingerprint density at radius 2 is 1.27 bits per heavy atom. The molecule has 0 radical (unpaired) electrons. The van der Waals surface area contributed by atoms with Crippen molar-refractivity contribution in [1.82, 2.24) is 4.90 Å². The van der Waals surface area contributed by atoms with Gasteiger partial charge in [-0.1, -0.05) is 8.80 Å². The van der Waals surface area contributed by atoms with Crippen LogP contribution in [0, 0.1) is 0 Å². The summed E-state index contributed by atoms with van der Waals surface area (Å²) in [5.74, 6) is 0. The maximum Gasteiger partial charge on any atom is 0.383 e. The summed E-state index contributed by atoms with van der Waals surface area (Å²) >= 11 is 0. The van der Waals surface area contributed by atoms with Gasteiger partial charge in [0.1, 0.15) is 10.5 Å². The molecule has 0 spiro atoms. The highest BCUT2D eigenvalue weighted by Gasteiger charge is 2.00. The number of hydrogen-bond donors (Lipinski definition) is 1. The average Bonchev–Trinajstić information content (AvgIpc) is 2.06. The Kier molecular flexibility index (Phi) is 16.6. The van der Waals surface area contributed by atoms with Gasteiger partial charge in [-0.3, -0.25) is 0 Å². The number of rotatable bonds is 2. The van der Waals surface area contributed by atoms with E-state index < -0.39 is 10.2 Å². The Bertz CT molecular complexity index is 302. The van der Waals surface area contributed by atoms with Crippen molar-refractivity contribution in [1.29, 1.82) is 0 Å². The zero-order valence-corrected chi connectivity index (χ0v) is 11.6. The minimum Gasteiger partial charge on any atom is -0.442 e. The fourth-order valence-electron chi connectivity index (χ4n) is 0.115. The van der Waals surface area contributed by atoms with Crippen LogP contribution in [0.4, 0.5) is 0 Å². The molecule has 0 aromatic carbocycles. The third-order valence-electron chi connectivity index (χ3n) is 0.305. The van der Waals surface area contributed by atoms with Gasteiger partial charge >= 0.3 is 10.2 Å². The van der Waals surface area contributed by atoms with Crippen LogP contribution in [0.25, 0.3) is 0 Å². The zero-order chi connectivity index (χ0) is 12.9. The summed E-state index contributed by atoms with van der Waals surface area (Å²) < 4.78 is 24.3. The quantitative estimate of drug-likeness (QED) is 0.327. The van der Waals surface area contributed by atoms with Crippen molar-refractivity contribution in [3.63, 3.8) is 0 Å². The van der Waals surface area contributed by atoms with Gasteiger partial charge < -0.3 is 9.70 Å². The maximum atomic E-state index is 9.97. The third-order valence-corrected chi connectivity index (χ3v) is 0.916. The number of hydrogen-bond acceptors (Lipinski definition) is 6. The van der Waals surface area contributed by atoms with Crippen LogP contribution in [0.5, 0.6) is 0 Å². The van der Waals surface area contributed by atoms with Gasteiger partial charge in [0.25, 0.3) is 12.2 Å². The van der Waals surface area contributed by atoms with Gasteiger partial charge in [-0.25, -0.2) is 9.59 Å². The van der Waals surface area contributed by atoms with Crippen molar-refractivity contribution in [3.8, 4) is 0 Å². The second-order valence-electron chi connectivity index (χ2n) is 2.15. The minimum atomic E-state index is -4.28. The predicted molar refractivity (Wildman–Crippen MR) is 56.9 cm³/mol. The van der Waals surface area contributed by atoms with Crippen molar-refractivity contribution >= 4 is 32.9 Å². The van der Waals surface area contributed by atoms with Crippen molar-refractivity contribution in [2.75, 3.05) is 21.1 Å². The van der Waals surface area contributed by atoms with E-state index >= 15 is 0 Å². The van der Waals surface area contributed by atoms with Crippen LogP contribution in [0.3, 0.4) is 0 Å². The first-order valence-electron chi connectivity index (χ1n) is 3.34. The number of isocyanates is 2. The number of carbonyl (C=O) groups excluding carboxylic acids is 2. The Labute approximate surface area is 91.1 Å². The Hall–Kier alpha value is -1.15. The average molecular weight is 255 g/mol. The highest BCUT2D eigenvalue weighted by atomic mass is 32.2. The summed E-state index contributed by atoms with van der Waals surface area (Å²) in [4.78, 5) is 27.6. The largest absolute Gasteiger partial charge is 0.442 e. The Morgan fingerprint density at radius 3 is 1.40 bits per heavy atom. The molecule has 0 rings (SSSR count). The van der Waals surface area contributed by atoms with Crippen LogP contribution in [-0.2, 0) is 19.8 Å². The molecule has 0 unspecified atom stereocenters. The van der Waals surface area contributed by atoms with E-state index in [9.17, 15) is 18.0 Å². The summed E-state index contributed by atoms with van der Waals surface area (Å²) in [6.45, 7) is 0. The highest BCUT2D eigenvalue weighted by molar-refractivity contribution is 7.89. The second-order valence-corrected chi connectivity index (χ2v) is 3.42. The van der Waals surface area contributed by atoms with Crippen LogP contribution in [-0.4, -0.2) is 61.9 Å². The number of nitrogens with zero attached hydrogens (tertiary/aromatic N) is 3. The molecule has 0 bridgehead atoms. The molecule has 0 aromatic rings. The maximum absolute atomic E-state index is 9.97. The minimum absolute atomic E-state index is 0.306. The first-order valence-corrected chi connectivity index (χ1v) is 5.63. The summed E-state index contributed by atoms with van der Waals surface area (Å²) in [5, 5.41) is 0. The van der Waals surface area contributed by atoms with Gasteiger partial charge in [-0.2, -0.15) is 8.42 Å². The van der Waals surface area contributed by atoms with E-state index in [0.717, 1.165) is 0 Å². The van der Waals surface area contributed by atoms with Crippen molar-refractivity contribution in [2.24, 2.45) is 8.80 Å². The fraction of sp³-hybridized carbons (Fsp3) is 0.600. The first-order chi connectivity index (χ1) is 6.85. The van der Waals surface area contributed by atoms with E-state index in [0.29, 0.717) is 22.6 Å². The lowest BCUT2D eigenvalue weighted by Crippen LogP contribution is -1.99.